The molecule has 2 aliphatic heterocycles. The van der Waals surface area contributed by atoms with Gasteiger partial charge in [-0.1, -0.05) is 97.1 Å². The molecule has 0 N–H and O–H groups in total. The fourth-order valence-corrected chi connectivity index (χ4v) is 5.98. The van der Waals surface area contributed by atoms with Crippen LogP contribution < -0.4 is 4.90 Å². The van der Waals surface area contributed by atoms with Gasteiger partial charge in [-0.2, -0.15) is 0 Å². The van der Waals surface area contributed by atoms with E-state index in [1.54, 1.807) is 6.92 Å². The number of fused-ring (bicyclic) bond motifs is 3. The van der Waals surface area contributed by atoms with Crippen molar-refractivity contribution in [3.8, 4) is 0 Å². The van der Waals surface area contributed by atoms with Gasteiger partial charge in [0.05, 0.1) is 5.69 Å². The van der Waals surface area contributed by atoms with Crippen LogP contribution in [0.15, 0.2) is 110 Å². The van der Waals surface area contributed by atoms with Crippen LogP contribution in [-0.2, 0) is 32.2 Å². The van der Waals surface area contributed by atoms with Gasteiger partial charge < -0.3 is 14.2 Å². The molecule has 42 heavy (non-hydrogen) atoms. The lowest BCUT2D eigenvalue weighted by Crippen LogP contribution is -2.60. The lowest BCUT2D eigenvalue weighted by molar-refractivity contribution is -0.155. The van der Waals surface area contributed by atoms with Crippen LogP contribution in [0.25, 0.3) is 0 Å². The van der Waals surface area contributed by atoms with Crippen LogP contribution in [0, 0.1) is 0 Å². The van der Waals surface area contributed by atoms with Gasteiger partial charge in [0, 0.05) is 12.3 Å². The number of nitrogens with zero attached hydrogens (tertiary/aromatic N) is 2. The zero-order valence-electron chi connectivity index (χ0n) is 23.6. The molecule has 3 aromatic carbocycles. The fourth-order valence-electron chi connectivity index (χ4n) is 5.98. The monoisotopic (exact) mass is 566 g/mol. The fraction of sp³-hybridized carbons (Fsp3) is 0.265. The van der Waals surface area contributed by atoms with Crippen LogP contribution in [0.5, 0.6) is 0 Å². The average Bonchev–Trinajstić information content (AvgIpc) is 3.49. The van der Waals surface area contributed by atoms with Crippen LogP contribution in [-0.4, -0.2) is 41.4 Å². The van der Waals surface area contributed by atoms with Crippen molar-refractivity contribution in [2.45, 2.75) is 50.6 Å². The van der Waals surface area contributed by atoms with Crippen molar-refractivity contribution in [3.63, 3.8) is 0 Å². The van der Waals surface area contributed by atoms with E-state index < -0.39 is 35.8 Å². The molecule has 8 nitrogen and oxygen atoms in total. The molecule has 0 radical (unpaired) electrons. The zero-order valence-corrected chi connectivity index (χ0v) is 23.6. The molecule has 2 amide bonds. The third-order valence-electron chi connectivity index (χ3n) is 7.61. The second kappa shape index (κ2) is 12.3. The molecule has 0 aliphatic carbocycles. The van der Waals surface area contributed by atoms with E-state index in [0.717, 1.165) is 16.7 Å². The number of esters is 1. The van der Waals surface area contributed by atoms with Gasteiger partial charge in [-0.15, -0.1) is 6.58 Å². The third-order valence-corrected chi connectivity index (χ3v) is 7.61. The minimum Gasteiger partial charge on any atom is -0.460 e. The standard InChI is InChI=1S/C34H34N2O6/c1-4-19-40-31(37)34(20-24(2)3)21-28-27-17-11-12-18-29(27)35(32(38)41-22-25-13-7-5-8-14-25)30(28)36(34)33(39)42-23-26-15-9-6-10-16-26/h4-18,28,30H,1-2,19-23H2,3H3/t28-,30-,34+/m0/s1. The molecule has 0 aromatic heterocycles. The summed E-state index contributed by atoms with van der Waals surface area (Å²) in [4.78, 5) is 44.7. The average molecular weight is 567 g/mol. The van der Waals surface area contributed by atoms with E-state index in [9.17, 15) is 14.4 Å². The van der Waals surface area contributed by atoms with Crippen LogP contribution in [0.2, 0.25) is 0 Å². The first-order chi connectivity index (χ1) is 20.4. The molecule has 3 atom stereocenters. The summed E-state index contributed by atoms with van der Waals surface area (Å²) in [6.07, 6.45) is -0.444. The van der Waals surface area contributed by atoms with E-state index >= 15 is 0 Å². The quantitative estimate of drug-likeness (QED) is 0.162. The molecule has 0 unspecified atom stereocenters. The Kier molecular flexibility index (Phi) is 8.43. The van der Waals surface area contributed by atoms with Crippen molar-refractivity contribution in [2.24, 2.45) is 0 Å². The molecular weight excluding hydrogens is 532 g/mol. The number of hydrogen-bond donors (Lipinski definition) is 0. The summed E-state index contributed by atoms with van der Waals surface area (Å²) in [7, 11) is 0. The summed E-state index contributed by atoms with van der Waals surface area (Å²) in [5.41, 5.74) is 2.27. The van der Waals surface area contributed by atoms with Gasteiger partial charge in [0.2, 0.25) is 0 Å². The van der Waals surface area contributed by atoms with Crippen molar-refractivity contribution in [2.75, 3.05) is 11.5 Å². The predicted octanol–water partition coefficient (Wildman–Crippen LogP) is 6.73. The maximum Gasteiger partial charge on any atom is 0.416 e. The second-order valence-electron chi connectivity index (χ2n) is 10.7. The van der Waals surface area contributed by atoms with E-state index in [0.29, 0.717) is 11.3 Å². The Labute approximate surface area is 245 Å². The number of para-hydroxylation sites is 1. The molecule has 0 saturated carbocycles. The predicted molar refractivity (Wildman–Crippen MR) is 158 cm³/mol. The molecule has 216 valence electrons. The van der Waals surface area contributed by atoms with Crippen LogP contribution in [0.4, 0.5) is 15.3 Å². The Morgan fingerprint density at radius 3 is 2.02 bits per heavy atom. The first kappa shape index (κ1) is 28.7. The molecule has 5 rings (SSSR count). The zero-order chi connectivity index (χ0) is 29.7. The molecule has 1 saturated heterocycles. The van der Waals surface area contributed by atoms with Crippen molar-refractivity contribution in [3.05, 3.63) is 126 Å². The Morgan fingerprint density at radius 1 is 0.857 bits per heavy atom. The van der Waals surface area contributed by atoms with Gasteiger partial charge in [-0.3, -0.25) is 9.80 Å². The third kappa shape index (κ3) is 5.52. The lowest BCUT2D eigenvalue weighted by atomic mass is 9.84. The van der Waals surface area contributed by atoms with Crippen molar-refractivity contribution >= 4 is 23.8 Å². The SMILES string of the molecule is C=CCOC(=O)[C@@]1(CC(=C)C)C[C@H]2c3ccccc3N(C(=O)OCc3ccccc3)[C@H]2N1C(=O)OCc1ccccc1. The first-order valence-electron chi connectivity index (χ1n) is 13.9. The number of hydrogen-bond acceptors (Lipinski definition) is 6. The number of amides is 2. The Hall–Kier alpha value is -4.85. The number of anilines is 1. The lowest BCUT2D eigenvalue weighted by Gasteiger charge is -2.40. The molecule has 0 bridgehead atoms. The number of likely N-dealkylation sites (tertiary alicyclic amines) is 1. The van der Waals surface area contributed by atoms with Gasteiger partial charge in [0.25, 0.3) is 0 Å². The van der Waals surface area contributed by atoms with E-state index in [4.69, 9.17) is 14.2 Å². The highest BCUT2D eigenvalue weighted by molar-refractivity contribution is 5.96. The maximum absolute atomic E-state index is 14.1. The van der Waals surface area contributed by atoms with Gasteiger partial charge in [-0.25, -0.2) is 14.4 Å². The number of ether oxygens (including phenoxy) is 3. The van der Waals surface area contributed by atoms with Crippen molar-refractivity contribution in [1.82, 2.24) is 4.90 Å². The van der Waals surface area contributed by atoms with Crippen LogP contribution in [0.1, 0.15) is 42.4 Å². The highest BCUT2D eigenvalue weighted by Gasteiger charge is 2.65. The Balaban J connectivity index is 1.56. The normalized spacial score (nSPS) is 20.3. The summed E-state index contributed by atoms with van der Waals surface area (Å²) in [6.45, 7) is 9.52. The van der Waals surface area contributed by atoms with E-state index in [1.165, 1.54) is 15.9 Å². The maximum atomic E-state index is 14.1. The summed E-state index contributed by atoms with van der Waals surface area (Å²) in [6, 6.07) is 26.1. The van der Waals surface area contributed by atoms with Crippen LogP contribution >= 0.6 is 0 Å². The first-order valence-corrected chi connectivity index (χ1v) is 13.9. The molecule has 1 fully saturated rings. The number of benzene rings is 3. The summed E-state index contributed by atoms with van der Waals surface area (Å²) < 4.78 is 17.2. The summed E-state index contributed by atoms with van der Waals surface area (Å²) in [5, 5.41) is 0. The molecule has 2 aliphatic rings. The topological polar surface area (TPSA) is 85.4 Å². The highest BCUT2D eigenvalue weighted by atomic mass is 16.6. The number of carbonyl (C=O) groups is 3. The molecule has 2 heterocycles. The second-order valence-corrected chi connectivity index (χ2v) is 10.7. The summed E-state index contributed by atoms with van der Waals surface area (Å²) >= 11 is 0. The molecular formula is C34H34N2O6. The van der Waals surface area contributed by atoms with Crippen LogP contribution in [0.3, 0.4) is 0 Å². The van der Waals surface area contributed by atoms with Gasteiger partial charge in [0.1, 0.15) is 31.5 Å². The summed E-state index contributed by atoms with van der Waals surface area (Å²) in [5.74, 6) is -1.00. The van der Waals surface area contributed by atoms with E-state index in [2.05, 4.69) is 13.2 Å². The Morgan fingerprint density at radius 2 is 1.43 bits per heavy atom. The highest BCUT2D eigenvalue weighted by Crippen LogP contribution is 2.55. The van der Waals surface area contributed by atoms with E-state index in [-0.39, 0.29) is 32.7 Å². The van der Waals surface area contributed by atoms with Gasteiger partial charge >= 0.3 is 18.2 Å². The largest absolute Gasteiger partial charge is 0.460 e. The molecule has 3 aromatic rings. The number of carbonyl (C=O) groups excluding carboxylic acids is 3. The minimum atomic E-state index is -1.47. The minimum absolute atomic E-state index is 0.0101. The molecule has 0 spiro atoms. The number of rotatable bonds is 9. The smallest absolute Gasteiger partial charge is 0.416 e. The Bertz CT molecular complexity index is 1470. The van der Waals surface area contributed by atoms with E-state index in [1.807, 2.05) is 84.9 Å². The van der Waals surface area contributed by atoms with Gasteiger partial charge in [0.15, 0.2) is 0 Å². The van der Waals surface area contributed by atoms with Crippen molar-refractivity contribution in [1.29, 1.82) is 0 Å². The van der Waals surface area contributed by atoms with Gasteiger partial charge in [-0.05, 0) is 36.1 Å². The van der Waals surface area contributed by atoms with Crippen molar-refractivity contribution < 1.29 is 28.6 Å². The molecule has 8 heteroatoms.